The SMILES string of the molecule is O=S1(=O)CC[C@H](N2C(=S)S[C@@H]3CS(=O)(=O)C[C@H]32)C1. The van der Waals surface area contributed by atoms with Crippen molar-refractivity contribution in [3.05, 3.63) is 0 Å². The number of hydrogen-bond acceptors (Lipinski definition) is 6. The van der Waals surface area contributed by atoms with Crippen LogP contribution in [0.4, 0.5) is 0 Å². The van der Waals surface area contributed by atoms with Crippen LogP contribution in [-0.2, 0) is 19.7 Å². The molecule has 3 rings (SSSR count). The Morgan fingerprint density at radius 1 is 1.11 bits per heavy atom. The highest BCUT2D eigenvalue weighted by molar-refractivity contribution is 8.24. The molecule has 0 aromatic carbocycles. The fourth-order valence-electron chi connectivity index (χ4n) is 2.91. The van der Waals surface area contributed by atoms with Gasteiger partial charge >= 0.3 is 0 Å². The highest BCUT2D eigenvalue weighted by atomic mass is 32.2. The maximum absolute atomic E-state index is 11.6. The molecule has 0 spiro atoms. The van der Waals surface area contributed by atoms with Gasteiger partial charge in [0.15, 0.2) is 19.7 Å². The molecule has 3 fully saturated rings. The summed E-state index contributed by atoms with van der Waals surface area (Å²) < 4.78 is 47.0. The van der Waals surface area contributed by atoms with Gasteiger partial charge in [0.25, 0.3) is 0 Å². The fourth-order valence-corrected chi connectivity index (χ4v) is 9.11. The first kappa shape index (κ1) is 13.1. The second-order valence-electron chi connectivity index (χ2n) is 5.03. The van der Waals surface area contributed by atoms with Crippen molar-refractivity contribution >= 4 is 48.0 Å². The van der Waals surface area contributed by atoms with E-state index in [4.69, 9.17) is 12.2 Å². The Bertz CT molecular complexity index is 596. The van der Waals surface area contributed by atoms with E-state index in [9.17, 15) is 16.8 Å². The number of hydrogen-bond donors (Lipinski definition) is 0. The molecule has 5 nitrogen and oxygen atoms in total. The van der Waals surface area contributed by atoms with Crippen LogP contribution in [0.5, 0.6) is 0 Å². The minimum Gasteiger partial charge on any atom is -0.348 e. The lowest BCUT2D eigenvalue weighted by molar-refractivity contribution is 0.292. The van der Waals surface area contributed by atoms with E-state index in [1.807, 2.05) is 4.90 Å². The molecule has 0 bridgehead atoms. The Morgan fingerprint density at radius 3 is 2.44 bits per heavy atom. The van der Waals surface area contributed by atoms with Crippen LogP contribution in [-0.4, -0.2) is 66.4 Å². The lowest BCUT2D eigenvalue weighted by Crippen LogP contribution is -2.44. The van der Waals surface area contributed by atoms with Crippen LogP contribution < -0.4 is 0 Å². The number of rotatable bonds is 1. The summed E-state index contributed by atoms with van der Waals surface area (Å²) in [4.78, 5) is 1.89. The lowest BCUT2D eigenvalue weighted by atomic mass is 10.1. The van der Waals surface area contributed by atoms with E-state index < -0.39 is 19.7 Å². The molecule has 0 saturated carbocycles. The van der Waals surface area contributed by atoms with Gasteiger partial charge in [-0.1, -0.05) is 24.0 Å². The third-order valence-electron chi connectivity index (χ3n) is 3.69. The molecule has 3 aliphatic rings. The van der Waals surface area contributed by atoms with Crippen LogP contribution >= 0.6 is 24.0 Å². The van der Waals surface area contributed by atoms with Crippen molar-refractivity contribution in [1.82, 2.24) is 4.90 Å². The Morgan fingerprint density at radius 2 is 1.83 bits per heavy atom. The van der Waals surface area contributed by atoms with Crippen molar-refractivity contribution in [2.24, 2.45) is 0 Å². The molecule has 0 N–H and O–H groups in total. The Kier molecular flexibility index (Phi) is 2.97. The number of nitrogens with zero attached hydrogens (tertiary/aromatic N) is 1. The molecule has 102 valence electrons. The summed E-state index contributed by atoms with van der Waals surface area (Å²) in [5, 5.41) is -0.00851. The molecule has 0 aliphatic carbocycles. The minimum absolute atomic E-state index is 0.00851. The van der Waals surface area contributed by atoms with Gasteiger partial charge in [-0.25, -0.2) is 16.8 Å². The predicted molar refractivity (Wildman–Crippen MR) is 75.3 cm³/mol. The fraction of sp³-hybridized carbons (Fsp3) is 0.889. The van der Waals surface area contributed by atoms with Crippen molar-refractivity contribution in [2.45, 2.75) is 23.8 Å². The average Bonchev–Trinajstić information content (AvgIpc) is 2.75. The third kappa shape index (κ3) is 2.19. The highest BCUT2D eigenvalue weighted by Crippen LogP contribution is 2.40. The van der Waals surface area contributed by atoms with Crippen LogP contribution in [0.25, 0.3) is 0 Å². The molecule has 0 unspecified atom stereocenters. The first-order valence-corrected chi connectivity index (χ1v) is 10.6. The number of thioether (sulfide) groups is 1. The first-order valence-electron chi connectivity index (χ1n) is 5.67. The molecule has 3 saturated heterocycles. The molecule has 0 amide bonds. The summed E-state index contributed by atoms with van der Waals surface area (Å²) in [5.41, 5.74) is 0. The van der Waals surface area contributed by atoms with E-state index in [1.54, 1.807) is 0 Å². The Hall–Kier alpha value is 0.140. The Labute approximate surface area is 116 Å². The van der Waals surface area contributed by atoms with Crippen molar-refractivity contribution in [3.63, 3.8) is 0 Å². The first-order chi connectivity index (χ1) is 8.27. The van der Waals surface area contributed by atoms with Crippen molar-refractivity contribution in [1.29, 1.82) is 0 Å². The topological polar surface area (TPSA) is 71.5 Å². The van der Waals surface area contributed by atoms with E-state index in [0.29, 0.717) is 10.7 Å². The van der Waals surface area contributed by atoms with Crippen LogP contribution in [0, 0.1) is 0 Å². The van der Waals surface area contributed by atoms with Gasteiger partial charge in [0.05, 0.1) is 29.1 Å². The summed E-state index contributed by atoms with van der Waals surface area (Å²) in [6, 6.07) is -0.246. The van der Waals surface area contributed by atoms with E-state index in [0.717, 1.165) is 0 Å². The predicted octanol–water partition coefficient (Wildman–Crippen LogP) is -0.327. The van der Waals surface area contributed by atoms with Gasteiger partial charge in [-0.3, -0.25) is 0 Å². The highest BCUT2D eigenvalue weighted by Gasteiger charge is 2.51. The zero-order valence-corrected chi connectivity index (χ0v) is 12.7. The number of sulfone groups is 2. The summed E-state index contributed by atoms with van der Waals surface area (Å²) >= 11 is 6.70. The summed E-state index contributed by atoms with van der Waals surface area (Å²) in [6.45, 7) is 0. The molecule has 0 aromatic heterocycles. The van der Waals surface area contributed by atoms with E-state index >= 15 is 0 Å². The molecule has 3 heterocycles. The molecular formula is C9H13NO4S4. The van der Waals surface area contributed by atoms with E-state index in [-0.39, 0.29) is 40.3 Å². The van der Waals surface area contributed by atoms with Crippen molar-refractivity contribution in [3.8, 4) is 0 Å². The largest absolute Gasteiger partial charge is 0.348 e. The van der Waals surface area contributed by atoms with E-state index in [2.05, 4.69) is 0 Å². The van der Waals surface area contributed by atoms with Crippen LogP contribution in [0.15, 0.2) is 0 Å². The molecule has 0 radical (unpaired) electrons. The van der Waals surface area contributed by atoms with Gasteiger partial charge in [0, 0.05) is 11.3 Å². The quantitative estimate of drug-likeness (QED) is 0.611. The zero-order valence-electron chi connectivity index (χ0n) is 9.48. The van der Waals surface area contributed by atoms with Gasteiger partial charge in [-0.05, 0) is 6.42 Å². The van der Waals surface area contributed by atoms with Gasteiger partial charge in [-0.2, -0.15) is 0 Å². The number of fused-ring (bicyclic) bond motifs is 1. The second-order valence-corrected chi connectivity index (χ2v) is 11.3. The average molecular weight is 327 g/mol. The maximum atomic E-state index is 11.6. The third-order valence-corrected chi connectivity index (χ3v) is 9.07. The second kappa shape index (κ2) is 4.07. The molecular weight excluding hydrogens is 314 g/mol. The van der Waals surface area contributed by atoms with Crippen LogP contribution in [0.3, 0.4) is 0 Å². The summed E-state index contributed by atoms with van der Waals surface area (Å²) in [6.07, 6.45) is 0.562. The molecule has 3 atom stereocenters. The number of thiocarbonyl (C=S) groups is 1. The van der Waals surface area contributed by atoms with Crippen molar-refractivity contribution in [2.75, 3.05) is 23.0 Å². The standard InChI is InChI=1S/C9H13NO4S4/c11-17(12)2-1-6(3-17)10-7-4-18(13,14)5-8(7)16-9(10)15/h6-8H,1-5H2/t6-,7+,8+/m0/s1. The van der Waals surface area contributed by atoms with Gasteiger partial charge in [-0.15, -0.1) is 0 Å². The monoisotopic (exact) mass is 327 g/mol. The van der Waals surface area contributed by atoms with E-state index in [1.165, 1.54) is 11.8 Å². The molecule has 3 aliphatic heterocycles. The zero-order chi connectivity index (χ0) is 13.1. The molecule has 0 aromatic rings. The molecule has 9 heteroatoms. The summed E-state index contributed by atoms with van der Waals surface area (Å²) in [7, 11) is -5.97. The molecule has 18 heavy (non-hydrogen) atoms. The van der Waals surface area contributed by atoms with Gasteiger partial charge in [0.1, 0.15) is 4.32 Å². The lowest BCUT2D eigenvalue weighted by Gasteiger charge is -2.29. The van der Waals surface area contributed by atoms with Crippen LogP contribution in [0.1, 0.15) is 6.42 Å². The normalized spacial score (nSPS) is 41.2. The summed E-state index contributed by atoms with van der Waals surface area (Å²) in [5.74, 6) is 0.572. The van der Waals surface area contributed by atoms with Crippen LogP contribution in [0.2, 0.25) is 0 Å². The maximum Gasteiger partial charge on any atom is 0.153 e. The van der Waals surface area contributed by atoms with Gasteiger partial charge in [0.2, 0.25) is 0 Å². The smallest absolute Gasteiger partial charge is 0.153 e. The van der Waals surface area contributed by atoms with Crippen molar-refractivity contribution < 1.29 is 16.8 Å². The Balaban J connectivity index is 1.86. The minimum atomic E-state index is -2.99. The van der Waals surface area contributed by atoms with Gasteiger partial charge < -0.3 is 4.90 Å².